The Labute approximate surface area is 193 Å². The molecule has 2 heterocycles. The zero-order valence-electron chi connectivity index (χ0n) is 19.0. The number of ether oxygens (including phenoxy) is 1. The third-order valence-electron chi connectivity index (χ3n) is 5.37. The number of fused-ring (bicyclic) bond motifs is 1. The van der Waals surface area contributed by atoms with E-state index in [0.717, 1.165) is 11.1 Å². The van der Waals surface area contributed by atoms with Crippen LogP contribution in [0.15, 0.2) is 36.5 Å². The second kappa shape index (κ2) is 9.29. The minimum absolute atomic E-state index is 0.138. The predicted molar refractivity (Wildman–Crippen MR) is 117 cm³/mol. The summed E-state index contributed by atoms with van der Waals surface area (Å²) in [6.45, 7) is 0.367. The van der Waals surface area contributed by atoms with E-state index in [0.29, 0.717) is 17.3 Å². The number of hydrogen-bond donors (Lipinski definition) is 1. The lowest BCUT2D eigenvalue weighted by atomic mass is 9.99. The van der Waals surface area contributed by atoms with Crippen molar-refractivity contribution in [3.8, 4) is 5.75 Å². The van der Waals surface area contributed by atoms with E-state index >= 15 is 0 Å². The molecule has 1 N–H and O–H groups in total. The summed E-state index contributed by atoms with van der Waals surface area (Å²) >= 11 is 0. The van der Waals surface area contributed by atoms with Gasteiger partial charge in [-0.1, -0.05) is 6.07 Å². The highest BCUT2D eigenvalue weighted by molar-refractivity contribution is 6.02. The quantitative estimate of drug-likeness (QED) is 0.498. The van der Waals surface area contributed by atoms with Crippen LogP contribution in [0.2, 0.25) is 0 Å². The van der Waals surface area contributed by atoms with E-state index in [2.05, 4.69) is 10.1 Å². The van der Waals surface area contributed by atoms with Crippen molar-refractivity contribution in [1.82, 2.24) is 19.7 Å². The lowest BCUT2D eigenvalue weighted by molar-refractivity contribution is -0.142. The normalized spacial score (nSPS) is 13.4. The van der Waals surface area contributed by atoms with Gasteiger partial charge in [0.2, 0.25) is 6.41 Å². The van der Waals surface area contributed by atoms with Gasteiger partial charge in [-0.05, 0) is 31.2 Å². The number of carbonyl (C=O) groups is 2. The highest BCUT2D eigenvalue weighted by Crippen LogP contribution is 2.34. The number of nitrogens with zero attached hydrogens (tertiary/aromatic N) is 5. The highest BCUT2D eigenvalue weighted by atomic mass is 19.4. The van der Waals surface area contributed by atoms with Gasteiger partial charge >= 0.3 is 6.18 Å². The Morgan fingerprint density at radius 1 is 1.26 bits per heavy atom. The highest BCUT2D eigenvalue weighted by Gasteiger charge is 2.42. The molecule has 1 atom stereocenters. The number of aryl methyl sites for hydroxylation is 1. The number of benzene rings is 1. The molecule has 1 aromatic carbocycles. The van der Waals surface area contributed by atoms with Crippen LogP contribution in [-0.2, 0) is 29.4 Å². The van der Waals surface area contributed by atoms with Gasteiger partial charge < -0.3 is 14.7 Å². The molecule has 9 nitrogen and oxygen atoms in total. The minimum Gasteiger partial charge on any atom is -0.489 e. The predicted octanol–water partition coefficient (Wildman–Crippen LogP) is 2.37. The van der Waals surface area contributed by atoms with Crippen LogP contribution in [0.1, 0.15) is 18.2 Å². The summed E-state index contributed by atoms with van der Waals surface area (Å²) in [5.41, 5.74) is -2.35. The number of rotatable bonds is 8. The third-order valence-corrected chi connectivity index (χ3v) is 5.37. The summed E-state index contributed by atoms with van der Waals surface area (Å²) in [6.07, 6.45) is -3.15. The summed E-state index contributed by atoms with van der Waals surface area (Å²) in [6, 6.07) is 7.28. The maximum absolute atomic E-state index is 13.2. The number of carbonyl (C=O) groups excluding carboxylic acids is 2. The SMILES string of the molecule is CN(C)C(=O)C(C)(CO)N(C=O)c1c2cc(OCc3cccnc3C(F)(F)F)ccc2nn1C. The van der Waals surface area contributed by atoms with Gasteiger partial charge in [0.15, 0.2) is 5.69 Å². The molecule has 2 amide bonds. The summed E-state index contributed by atoms with van der Waals surface area (Å²) < 4.78 is 46.6. The van der Waals surface area contributed by atoms with E-state index in [1.165, 1.54) is 54.9 Å². The van der Waals surface area contributed by atoms with Crippen LogP contribution in [0, 0.1) is 0 Å². The molecule has 0 aliphatic carbocycles. The van der Waals surface area contributed by atoms with Gasteiger partial charge in [-0.15, -0.1) is 0 Å². The molecule has 0 radical (unpaired) electrons. The number of aromatic nitrogens is 3. The molecule has 2 aromatic heterocycles. The molecule has 0 saturated carbocycles. The summed E-state index contributed by atoms with van der Waals surface area (Å²) in [5, 5.41) is 14.8. The van der Waals surface area contributed by atoms with Crippen molar-refractivity contribution in [2.45, 2.75) is 25.2 Å². The molecule has 0 spiro atoms. The Kier molecular flexibility index (Phi) is 6.82. The largest absolute Gasteiger partial charge is 0.489 e. The molecule has 1 unspecified atom stereocenters. The van der Waals surface area contributed by atoms with Crippen LogP contribution in [0.3, 0.4) is 0 Å². The monoisotopic (exact) mass is 479 g/mol. The molecular weight excluding hydrogens is 455 g/mol. The number of alkyl halides is 3. The molecule has 0 aliphatic heterocycles. The smallest absolute Gasteiger partial charge is 0.433 e. The lowest BCUT2D eigenvalue weighted by Gasteiger charge is -2.37. The van der Waals surface area contributed by atoms with E-state index in [1.54, 1.807) is 13.1 Å². The average molecular weight is 479 g/mol. The number of halogens is 3. The molecule has 0 saturated heterocycles. The van der Waals surface area contributed by atoms with E-state index in [4.69, 9.17) is 4.74 Å². The number of amides is 2. The molecule has 182 valence electrons. The van der Waals surface area contributed by atoms with E-state index < -0.39 is 36.5 Å². The minimum atomic E-state index is -4.63. The van der Waals surface area contributed by atoms with Crippen LogP contribution in [0.25, 0.3) is 10.9 Å². The van der Waals surface area contributed by atoms with Gasteiger partial charge in [0, 0.05) is 38.3 Å². The average Bonchev–Trinajstić information content (AvgIpc) is 3.12. The fourth-order valence-corrected chi connectivity index (χ4v) is 3.64. The number of aliphatic hydroxyl groups is 1. The van der Waals surface area contributed by atoms with Gasteiger partial charge in [0.25, 0.3) is 5.91 Å². The molecular formula is C22H24F3N5O4. The molecule has 34 heavy (non-hydrogen) atoms. The summed E-state index contributed by atoms with van der Waals surface area (Å²) in [7, 11) is 4.57. The Morgan fingerprint density at radius 2 is 1.97 bits per heavy atom. The van der Waals surface area contributed by atoms with Crippen LogP contribution >= 0.6 is 0 Å². The van der Waals surface area contributed by atoms with Crippen LogP contribution in [0.5, 0.6) is 5.75 Å². The van der Waals surface area contributed by atoms with Gasteiger partial charge in [-0.25, -0.2) is 0 Å². The summed E-state index contributed by atoms with van der Waals surface area (Å²) in [4.78, 5) is 30.7. The van der Waals surface area contributed by atoms with Crippen molar-refractivity contribution >= 4 is 29.0 Å². The maximum Gasteiger partial charge on any atom is 0.433 e. The van der Waals surface area contributed by atoms with Crippen molar-refractivity contribution in [1.29, 1.82) is 0 Å². The molecule has 0 aliphatic rings. The fraction of sp³-hybridized carbons (Fsp3) is 0.364. The molecule has 3 aromatic rings. The second-order valence-corrected chi connectivity index (χ2v) is 8.03. The van der Waals surface area contributed by atoms with Crippen molar-refractivity contribution in [2.75, 3.05) is 25.6 Å². The zero-order valence-corrected chi connectivity index (χ0v) is 19.0. The van der Waals surface area contributed by atoms with E-state index in [1.807, 2.05) is 0 Å². The van der Waals surface area contributed by atoms with E-state index in [9.17, 15) is 27.9 Å². The van der Waals surface area contributed by atoms with Crippen LogP contribution < -0.4 is 9.64 Å². The third kappa shape index (κ3) is 4.53. The van der Waals surface area contributed by atoms with Crippen molar-refractivity contribution in [3.63, 3.8) is 0 Å². The molecule has 12 heteroatoms. The molecule has 0 fully saturated rings. The van der Waals surface area contributed by atoms with Crippen LogP contribution in [-0.4, -0.2) is 63.3 Å². The number of likely N-dealkylation sites (N-methyl/N-ethyl adjacent to an activating group) is 1. The van der Waals surface area contributed by atoms with Crippen molar-refractivity contribution < 1.29 is 32.6 Å². The Balaban J connectivity index is 2.01. The first-order chi connectivity index (χ1) is 15.9. The van der Waals surface area contributed by atoms with Gasteiger partial charge in [-0.2, -0.15) is 18.3 Å². The zero-order chi connectivity index (χ0) is 25.3. The number of pyridine rings is 1. The lowest BCUT2D eigenvalue weighted by Crippen LogP contribution is -2.59. The van der Waals surface area contributed by atoms with Crippen LogP contribution in [0.4, 0.5) is 19.0 Å². The number of hydrogen-bond acceptors (Lipinski definition) is 6. The Hall–Kier alpha value is -3.67. The molecule has 0 bridgehead atoms. The van der Waals surface area contributed by atoms with Crippen molar-refractivity contribution in [3.05, 3.63) is 47.8 Å². The van der Waals surface area contributed by atoms with Gasteiger partial charge in [0.05, 0.1) is 12.1 Å². The maximum atomic E-state index is 13.2. The first-order valence-corrected chi connectivity index (χ1v) is 10.1. The first-order valence-electron chi connectivity index (χ1n) is 10.1. The Bertz CT molecular complexity index is 1210. The topological polar surface area (TPSA) is 101 Å². The fourth-order valence-electron chi connectivity index (χ4n) is 3.64. The first kappa shape index (κ1) is 25.0. The van der Waals surface area contributed by atoms with Crippen molar-refractivity contribution in [2.24, 2.45) is 7.05 Å². The summed E-state index contributed by atoms with van der Waals surface area (Å²) in [5.74, 6) is -0.0890. The Morgan fingerprint density at radius 3 is 2.56 bits per heavy atom. The van der Waals surface area contributed by atoms with Gasteiger partial charge in [0.1, 0.15) is 23.7 Å². The van der Waals surface area contributed by atoms with E-state index in [-0.39, 0.29) is 17.1 Å². The number of anilines is 1. The standard InChI is InChI=1S/C22H24F3N5O4/c1-21(12-31,20(33)28(2)3)30(13-32)19-16-10-15(7-8-17(16)27-29(19)4)34-11-14-6-5-9-26-18(14)22(23,24)25/h5-10,13,31H,11-12H2,1-4H3. The van der Waals surface area contributed by atoms with Gasteiger partial charge in [-0.3, -0.25) is 24.2 Å². The molecule has 3 rings (SSSR count). The number of aliphatic hydroxyl groups excluding tert-OH is 1. The second-order valence-electron chi connectivity index (χ2n) is 8.03.